The van der Waals surface area contributed by atoms with E-state index in [1.807, 2.05) is 25.1 Å². The smallest absolute Gasteiger partial charge is 0.312 e. The van der Waals surface area contributed by atoms with Crippen LogP contribution in [0.5, 0.6) is 0 Å². The van der Waals surface area contributed by atoms with E-state index in [0.29, 0.717) is 4.88 Å². The van der Waals surface area contributed by atoms with Gasteiger partial charge in [0.15, 0.2) is 0 Å². The number of thiophene rings is 1. The van der Waals surface area contributed by atoms with E-state index in [2.05, 4.69) is 11.2 Å². The second-order valence-corrected chi connectivity index (χ2v) is 5.15. The maximum absolute atomic E-state index is 11.7. The van der Waals surface area contributed by atoms with Crippen molar-refractivity contribution in [3.05, 3.63) is 34.7 Å². The largest absolute Gasteiger partial charge is 0.375 e. The molecule has 17 heavy (non-hydrogen) atoms. The Labute approximate surface area is 104 Å². The minimum absolute atomic E-state index is 0.398. The summed E-state index contributed by atoms with van der Waals surface area (Å²) in [4.78, 5) is 17.1. The molecule has 0 saturated heterocycles. The summed E-state index contributed by atoms with van der Waals surface area (Å²) in [5, 5.41) is 4.73. The SMILES string of the molecule is CC(C)=NOC(=O)c1cc2cc(C)ccc2s1. The van der Waals surface area contributed by atoms with Gasteiger partial charge in [0.1, 0.15) is 4.88 Å². The molecule has 0 saturated carbocycles. The van der Waals surface area contributed by atoms with E-state index in [0.717, 1.165) is 15.8 Å². The lowest BCUT2D eigenvalue weighted by molar-refractivity contribution is 0.0521. The fraction of sp³-hybridized carbons (Fsp3) is 0.231. The number of oxime groups is 1. The number of hydrogen-bond donors (Lipinski definition) is 0. The number of aryl methyl sites for hydroxylation is 1. The van der Waals surface area contributed by atoms with E-state index in [1.54, 1.807) is 13.8 Å². The minimum Gasteiger partial charge on any atom is -0.312 e. The third-order valence-electron chi connectivity index (χ3n) is 2.18. The molecule has 0 unspecified atom stereocenters. The predicted octanol–water partition coefficient (Wildman–Crippen LogP) is 3.76. The first-order valence-corrected chi connectivity index (χ1v) is 6.10. The molecule has 88 valence electrons. The quantitative estimate of drug-likeness (QED) is 0.460. The molecule has 0 aliphatic heterocycles. The van der Waals surface area contributed by atoms with Gasteiger partial charge in [0.05, 0.1) is 5.71 Å². The fourth-order valence-electron chi connectivity index (χ4n) is 1.44. The van der Waals surface area contributed by atoms with E-state index in [-0.39, 0.29) is 0 Å². The number of hydrogen-bond acceptors (Lipinski definition) is 4. The molecule has 1 aromatic carbocycles. The van der Waals surface area contributed by atoms with E-state index in [9.17, 15) is 4.79 Å². The zero-order valence-corrected chi connectivity index (χ0v) is 10.8. The number of carbonyl (C=O) groups is 1. The molecule has 0 aliphatic rings. The van der Waals surface area contributed by atoms with E-state index in [1.165, 1.54) is 16.9 Å². The summed E-state index contributed by atoms with van der Waals surface area (Å²) in [6.07, 6.45) is 0. The van der Waals surface area contributed by atoms with Crippen LogP contribution < -0.4 is 0 Å². The monoisotopic (exact) mass is 247 g/mol. The van der Waals surface area contributed by atoms with Crippen molar-refractivity contribution in [2.75, 3.05) is 0 Å². The van der Waals surface area contributed by atoms with E-state index in [4.69, 9.17) is 4.84 Å². The topological polar surface area (TPSA) is 38.7 Å². The highest BCUT2D eigenvalue weighted by Crippen LogP contribution is 2.26. The highest BCUT2D eigenvalue weighted by molar-refractivity contribution is 7.20. The van der Waals surface area contributed by atoms with Crippen LogP contribution in [0.2, 0.25) is 0 Å². The number of fused-ring (bicyclic) bond motifs is 1. The lowest BCUT2D eigenvalue weighted by atomic mass is 10.2. The maximum atomic E-state index is 11.7. The zero-order valence-electron chi connectivity index (χ0n) is 9.98. The van der Waals surface area contributed by atoms with Gasteiger partial charge < -0.3 is 4.84 Å². The average Bonchev–Trinajstić information content (AvgIpc) is 2.68. The summed E-state index contributed by atoms with van der Waals surface area (Å²) in [6, 6.07) is 7.94. The van der Waals surface area contributed by atoms with Crippen LogP contribution in [-0.4, -0.2) is 11.7 Å². The molecular formula is C13H13NO2S. The Bertz CT molecular complexity index is 594. The van der Waals surface area contributed by atoms with Crippen LogP contribution in [0, 0.1) is 6.92 Å². The van der Waals surface area contributed by atoms with Crippen LogP contribution in [0.15, 0.2) is 29.4 Å². The standard InChI is InChI=1S/C13H13NO2S/c1-8(2)14-16-13(15)12-7-10-6-9(3)4-5-11(10)17-12/h4-7H,1-3H3. The Kier molecular flexibility index (Phi) is 3.24. The summed E-state index contributed by atoms with van der Waals surface area (Å²) in [5.74, 6) is -0.398. The van der Waals surface area contributed by atoms with Crippen LogP contribution in [0.4, 0.5) is 0 Å². The fourth-order valence-corrected chi connectivity index (χ4v) is 2.36. The van der Waals surface area contributed by atoms with Gasteiger partial charge in [-0.2, -0.15) is 0 Å². The molecular weight excluding hydrogens is 234 g/mol. The van der Waals surface area contributed by atoms with Gasteiger partial charge in [-0.05, 0) is 38.3 Å². The van der Waals surface area contributed by atoms with Crippen molar-refractivity contribution in [1.82, 2.24) is 0 Å². The highest BCUT2D eigenvalue weighted by Gasteiger charge is 2.11. The molecule has 3 nitrogen and oxygen atoms in total. The number of carbonyl (C=O) groups excluding carboxylic acids is 1. The van der Waals surface area contributed by atoms with Crippen LogP contribution in [-0.2, 0) is 4.84 Å². The van der Waals surface area contributed by atoms with Crippen molar-refractivity contribution in [2.45, 2.75) is 20.8 Å². The summed E-state index contributed by atoms with van der Waals surface area (Å²) in [7, 11) is 0. The Balaban J connectivity index is 2.30. The molecule has 0 atom stereocenters. The molecule has 1 aromatic heterocycles. The van der Waals surface area contributed by atoms with Gasteiger partial charge in [-0.1, -0.05) is 22.9 Å². The molecule has 0 spiro atoms. The molecule has 4 heteroatoms. The first-order chi connectivity index (χ1) is 8.06. The normalized spacial score (nSPS) is 10.3. The van der Waals surface area contributed by atoms with Crippen LogP contribution in [0.1, 0.15) is 29.1 Å². The highest BCUT2D eigenvalue weighted by atomic mass is 32.1. The predicted molar refractivity (Wildman–Crippen MR) is 70.8 cm³/mol. The molecule has 0 radical (unpaired) electrons. The molecule has 0 bridgehead atoms. The molecule has 2 rings (SSSR count). The maximum Gasteiger partial charge on any atom is 0.375 e. The van der Waals surface area contributed by atoms with Crippen LogP contribution in [0.3, 0.4) is 0 Å². The Morgan fingerprint density at radius 3 is 2.76 bits per heavy atom. The van der Waals surface area contributed by atoms with Crippen molar-refractivity contribution in [3.63, 3.8) is 0 Å². The molecule has 0 N–H and O–H groups in total. The Morgan fingerprint density at radius 1 is 1.29 bits per heavy atom. The van der Waals surface area contributed by atoms with Crippen LogP contribution in [0.25, 0.3) is 10.1 Å². The second kappa shape index (κ2) is 4.67. The van der Waals surface area contributed by atoms with Gasteiger partial charge >= 0.3 is 5.97 Å². The lowest BCUT2D eigenvalue weighted by Crippen LogP contribution is -1.98. The van der Waals surface area contributed by atoms with Gasteiger partial charge in [-0.25, -0.2) is 4.79 Å². The van der Waals surface area contributed by atoms with E-state index >= 15 is 0 Å². The van der Waals surface area contributed by atoms with Crippen LogP contribution >= 0.6 is 11.3 Å². The summed E-state index contributed by atoms with van der Waals surface area (Å²) in [5.41, 5.74) is 1.90. The summed E-state index contributed by atoms with van der Waals surface area (Å²) >= 11 is 1.42. The lowest BCUT2D eigenvalue weighted by Gasteiger charge is -1.93. The van der Waals surface area contributed by atoms with Gasteiger partial charge in [0.2, 0.25) is 0 Å². The Morgan fingerprint density at radius 2 is 2.06 bits per heavy atom. The molecule has 0 aliphatic carbocycles. The van der Waals surface area contributed by atoms with Crippen molar-refractivity contribution in [2.24, 2.45) is 5.16 Å². The van der Waals surface area contributed by atoms with Gasteiger partial charge in [-0.3, -0.25) is 0 Å². The average molecular weight is 247 g/mol. The third kappa shape index (κ3) is 2.71. The summed E-state index contributed by atoms with van der Waals surface area (Å²) in [6.45, 7) is 5.59. The van der Waals surface area contributed by atoms with Crippen molar-refractivity contribution in [3.8, 4) is 0 Å². The number of nitrogens with zero attached hydrogens (tertiary/aromatic N) is 1. The molecule has 1 heterocycles. The Hall–Kier alpha value is -1.68. The minimum atomic E-state index is -0.398. The van der Waals surface area contributed by atoms with Gasteiger partial charge in [-0.15, -0.1) is 11.3 Å². The van der Waals surface area contributed by atoms with Crippen molar-refractivity contribution >= 4 is 33.1 Å². The summed E-state index contributed by atoms with van der Waals surface area (Å²) < 4.78 is 1.08. The van der Waals surface area contributed by atoms with Gasteiger partial charge in [0, 0.05) is 4.70 Å². The molecule has 0 amide bonds. The number of benzene rings is 1. The molecule has 0 fully saturated rings. The molecule has 2 aromatic rings. The zero-order chi connectivity index (χ0) is 12.4. The van der Waals surface area contributed by atoms with E-state index < -0.39 is 5.97 Å². The second-order valence-electron chi connectivity index (χ2n) is 4.07. The number of rotatable bonds is 2. The third-order valence-corrected chi connectivity index (χ3v) is 3.28. The van der Waals surface area contributed by atoms with Crippen molar-refractivity contribution < 1.29 is 9.63 Å². The van der Waals surface area contributed by atoms with Gasteiger partial charge in [0.25, 0.3) is 0 Å². The van der Waals surface area contributed by atoms with Crippen molar-refractivity contribution in [1.29, 1.82) is 0 Å². The first-order valence-electron chi connectivity index (χ1n) is 5.29. The first kappa shape index (κ1) is 11.8.